The summed E-state index contributed by atoms with van der Waals surface area (Å²) in [6.07, 6.45) is 0. The highest BCUT2D eigenvalue weighted by Crippen LogP contribution is 2.21. The minimum Gasteiger partial charge on any atom is -0.186 e. The number of nitrogens with zero attached hydrogens (tertiary/aromatic N) is 2. The Morgan fingerprint density at radius 3 is 1.53 bits per heavy atom. The van der Waals surface area contributed by atoms with Crippen molar-refractivity contribution in [2.24, 2.45) is 9.98 Å². The molecule has 0 N–H and O–H groups in total. The topological polar surface area (TPSA) is 24.7 Å². The van der Waals surface area contributed by atoms with Crippen LogP contribution < -0.4 is 0 Å². The van der Waals surface area contributed by atoms with Gasteiger partial charge < -0.3 is 0 Å². The molecule has 2 rings (SSSR count). The second-order valence-corrected chi connectivity index (χ2v) is 5.55. The zero-order valence-electron chi connectivity index (χ0n) is 8.77. The summed E-state index contributed by atoms with van der Waals surface area (Å²) < 4.78 is 2.19. The lowest BCUT2D eigenvalue weighted by atomic mass is 10.3. The summed E-state index contributed by atoms with van der Waals surface area (Å²) in [5, 5.41) is 0. The van der Waals surface area contributed by atoms with Crippen molar-refractivity contribution in [2.75, 3.05) is 0 Å². The zero-order chi connectivity index (χ0) is 12.1. The molecule has 0 amide bonds. The van der Waals surface area contributed by atoms with Crippen LogP contribution in [0, 0.1) is 7.14 Å². The number of para-hydroxylation sites is 2. The first kappa shape index (κ1) is 12.7. The van der Waals surface area contributed by atoms with Gasteiger partial charge in [0.1, 0.15) is 6.01 Å². The average Bonchev–Trinajstić information content (AvgIpc) is 2.34. The molecule has 0 saturated carbocycles. The third-order valence-electron chi connectivity index (χ3n) is 2.05. The summed E-state index contributed by atoms with van der Waals surface area (Å²) >= 11 is 4.49. The molecule has 0 saturated heterocycles. The summed E-state index contributed by atoms with van der Waals surface area (Å²) in [5.74, 6) is 0. The number of hydrogen-bond donors (Lipinski definition) is 0. The number of aliphatic imine (C=N–C) groups is 2. The normalized spacial score (nSPS) is 9.53. The average molecular weight is 446 g/mol. The Morgan fingerprint density at radius 1 is 0.706 bits per heavy atom. The lowest BCUT2D eigenvalue weighted by molar-refractivity contribution is 1.46. The van der Waals surface area contributed by atoms with E-state index in [1.807, 2.05) is 48.5 Å². The molecule has 0 unspecified atom stereocenters. The van der Waals surface area contributed by atoms with Gasteiger partial charge in [-0.25, -0.2) is 0 Å². The number of halogens is 2. The quantitative estimate of drug-likeness (QED) is 0.457. The van der Waals surface area contributed by atoms with E-state index in [1.54, 1.807) is 0 Å². The highest BCUT2D eigenvalue weighted by atomic mass is 127. The first-order valence-corrected chi connectivity index (χ1v) is 7.08. The van der Waals surface area contributed by atoms with Crippen LogP contribution in [-0.2, 0) is 0 Å². The van der Waals surface area contributed by atoms with Crippen LogP contribution in [0.1, 0.15) is 0 Å². The summed E-state index contributed by atoms with van der Waals surface area (Å²) in [6.45, 7) is 0. The molecule has 4 heteroatoms. The molecule has 0 radical (unpaired) electrons. The van der Waals surface area contributed by atoms with Gasteiger partial charge in [-0.15, -0.1) is 0 Å². The molecule has 0 bridgehead atoms. The largest absolute Gasteiger partial charge is 0.186 e. The molecule has 84 valence electrons. The first-order chi connectivity index (χ1) is 8.27. The summed E-state index contributed by atoms with van der Waals surface area (Å²) in [6, 6.07) is 18.5. The van der Waals surface area contributed by atoms with Crippen molar-refractivity contribution in [3.05, 3.63) is 55.7 Å². The number of rotatable bonds is 2. The fraction of sp³-hybridized carbons (Fsp3) is 0. The van der Waals surface area contributed by atoms with Crippen LogP contribution >= 0.6 is 45.2 Å². The summed E-state index contributed by atoms with van der Waals surface area (Å²) in [4.78, 5) is 8.43. The lowest BCUT2D eigenvalue weighted by Crippen LogP contribution is -1.72. The summed E-state index contributed by atoms with van der Waals surface area (Å²) in [7, 11) is 0. The maximum absolute atomic E-state index is 4.21. The van der Waals surface area contributed by atoms with Crippen LogP contribution in [-0.4, -0.2) is 6.01 Å². The molecular weight excluding hydrogens is 438 g/mol. The molecule has 0 spiro atoms. The van der Waals surface area contributed by atoms with Crippen molar-refractivity contribution < 1.29 is 0 Å². The van der Waals surface area contributed by atoms with Crippen molar-refractivity contribution in [1.82, 2.24) is 0 Å². The van der Waals surface area contributed by atoms with Crippen molar-refractivity contribution in [3.8, 4) is 0 Å². The fourth-order valence-electron chi connectivity index (χ4n) is 1.22. The Kier molecular flexibility index (Phi) is 4.70. The van der Waals surface area contributed by atoms with Crippen molar-refractivity contribution in [3.63, 3.8) is 0 Å². The van der Waals surface area contributed by atoms with Crippen LogP contribution in [0.3, 0.4) is 0 Å². The predicted octanol–water partition coefficient (Wildman–Crippen LogP) is 5.03. The van der Waals surface area contributed by atoms with E-state index in [0.717, 1.165) is 18.5 Å². The van der Waals surface area contributed by atoms with Crippen LogP contribution in [0.15, 0.2) is 58.5 Å². The van der Waals surface area contributed by atoms with Crippen LogP contribution in [0.5, 0.6) is 0 Å². The van der Waals surface area contributed by atoms with E-state index in [4.69, 9.17) is 0 Å². The van der Waals surface area contributed by atoms with E-state index in [-0.39, 0.29) is 0 Å². The second kappa shape index (κ2) is 6.28. The van der Waals surface area contributed by atoms with Crippen molar-refractivity contribution in [2.45, 2.75) is 0 Å². The van der Waals surface area contributed by atoms with Gasteiger partial charge in [0.05, 0.1) is 11.4 Å². The van der Waals surface area contributed by atoms with Crippen LogP contribution in [0.4, 0.5) is 11.4 Å². The van der Waals surface area contributed by atoms with Crippen LogP contribution in [0.25, 0.3) is 0 Å². The second-order valence-electron chi connectivity index (χ2n) is 3.23. The zero-order valence-corrected chi connectivity index (χ0v) is 13.1. The monoisotopic (exact) mass is 446 g/mol. The van der Waals surface area contributed by atoms with E-state index in [1.165, 1.54) is 0 Å². The van der Waals surface area contributed by atoms with Gasteiger partial charge in [-0.3, -0.25) is 0 Å². The minimum atomic E-state index is 0.891. The van der Waals surface area contributed by atoms with E-state index in [9.17, 15) is 0 Å². The summed E-state index contributed by atoms with van der Waals surface area (Å²) in [5.41, 5.74) is 1.78. The van der Waals surface area contributed by atoms with E-state index >= 15 is 0 Å². The number of benzene rings is 2. The molecule has 2 aromatic rings. The highest BCUT2D eigenvalue weighted by Gasteiger charge is 1.94. The molecule has 0 heterocycles. The van der Waals surface area contributed by atoms with E-state index in [0.29, 0.717) is 0 Å². The van der Waals surface area contributed by atoms with Crippen molar-refractivity contribution in [1.29, 1.82) is 0 Å². The third-order valence-corrected chi connectivity index (χ3v) is 3.87. The molecule has 0 aliphatic carbocycles. The van der Waals surface area contributed by atoms with Crippen molar-refractivity contribution >= 4 is 62.6 Å². The highest BCUT2D eigenvalue weighted by molar-refractivity contribution is 14.1. The van der Waals surface area contributed by atoms with Gasteiger partial charge in [-0.1, -0.05) is 24.3 Å². The van der Waals surface area contributed by atoms with Gasteiger partial charge in [-0.2, -0.15) is 9.98 Å². The first-order valence-electron chi connectivity index (χ1n) is 4.93. The Labute approximate surface area is 127 Å². The van der Waals surface area contributed by atoms with E-state index in [2.05, 4.69) is 61.2 Å². The lowest BCUT2D eigenvalue weighted by Gasteiger charge is -1.94. The van der Waals surface area contributed by atoms with Gasteiger partial charge in [-0.05, 0) is 69.4 Å². The Hall–Kier alpha value is -0.720. The smallest absolute Gasteiger partial charge is 0.101 e. The molecular formula is C13H8I2N2. The molecule has 2 nitrogen and oxygen atoms in total. The van der Waals surface area contributed by atoms with Gasteiger partial charge in [0.25, 0.3) is 0 Å². The van der Waals surface area contributed by atoms with Gasteiger partial charge >= 0.3 is 0 Å². The standard InChI is InChI=1S/C13H8I2N2/c14-10-5-1-3-7-12(10)16-9-17-13-8-4-2-6-11(13)15/h1-8H. The molecule has 0 fully saturated rings. The van der Waals surface area contributed by atoms with Crippen LogP contribution in [0.2, 0.25) is 0 Å². The Balaban J connectivity index is 2.28. The maximum Gasteiger partial charge on any atom is 0.101 e. The SMILES string of the molecule is Ic1ccccc1N=C=Nc1ccccc1I. The maximum atomic E-state index is 4.21. The fourth-order valence-corrected chi connectivity index (χ4v) is 2.23. The Bertz CT molecular complexity index is 538. The molecule has 0 aliphatic rings. The molecule has 0 aromatic heterocycles. The minimum absolute atomic E-state index is 0.891. The predicted molar refractivity (Wildman–Crippen MR) is 87.5 cm³/mol. The molecule has 0 atom stereocenters. The third kappa shape index (κ3) is 3.62. The molecule has 2 aromatic carbocycles. The van der Waals surface area contributed by atoms with E-state index < -0.39 is 0 Å². The van der Waals surface area contributed by atoms with Gasteiger partial charge in [0.15, 0.2) is 0 Å². The Morgan fingerprint density at radius 2 is 1.12 bits per heavy atom. The molecule has 17 heavy (non-hydrogen) atoms. The van der Waals surface area contributed by atoms with Gasteiger partial charge in [0, 0.05) is 7.14 Å². The molecule has 0 aliphatic heterocycles. The van der Waals surface area contributed by atoms with Gasteiger partial charge in [0.2, 0.25) is 0 Å². The number of hydrogen-bond acceptors (Lipinski definition) is 2.